The van der Waals surface area contributed by atoms with Crippen molar-refractivity contribution in [2.24, 2.45) is 0 Å². The molecule has 0 unspecified atom stereocenters. The maximum Gasteiger partial charge on any atom is 0.161 e. The molecule has 0 bridgehead atoms. The smallest absolute Gasteiger partial charge is 0.161 e. The van der Waals surface area contributed by atoms with Gasteiger partial charge in [0.15, 0.2) is 11.5 Å². The molecular weight excluding hydrogens is 268 g/mol. The second-order valence-corrected chi connectivity index (χ2v) is 4.85. The molecule has 0 saturated carbocycles. The summed E-state index contributed by atoms with van der Waals surface area (Å²) in [5.74, 6) is 2.65. The summed E-state index contributed by atoms with van der Waals surface area (Å²) in [6, 6.07) is 4.02. The summed E-state index contributed by atoms with van der Waals surface area (Å²) in [5, 5.41) is 0. The highest BCUT2D eigenvalue weighted by atomic mass is 16.5. The first kappa shape index (κ1) is 15.4. The van der Waals surface area contributed by atoms with Crippen LogP contribution in [0.2, 0.25) is 0 Å². The van der Waals surface area contributed by atoms with Crippen LogP contribution in [-0.4, -0.2) is 28.4 Å². The lowest BCUT2D eigenvalue weighted by Crippen LogP contribution is -2.06. The zero-order valence-electron chi connectivity index (χ0n) is 13.0. The first-order valence-corrected chi connectivity index (χ1v) is 6.89. The van der Waals surface area contributed by atoms with E-state index in [-0.39, 0.29) is 5.92 Å². The van der Waals surface area contributed by atoms with E-state index in [1.807, 2.05) is 18.2 Å². The van der Waals surface area contributed by atoms with Gasteiger partial charge in [0.1, 0.15) is 5.76 Å². The fourth-order valence-electron chi connectivity index (χ4n) is 2.55. The van der Waals surface area contributed by atoms with Crippen molar-refractivity contribution in [1.82, 2.24) is 0 Å². The Bertz CT molecular complexity index is 546. The highest BCUT2D eigenvalue weighted by Gasteiger charge is 2.18. The molecule has 1 aromatic carbocycles. The van der Waals surface area contributed by atoms with E-state index in [1.54, 1.807) is 28.4 Å². The van der Waals surface area contributed by atoms with Crippen molar-refractivity contribution in [3.05, 3.63) is 47.2 Å². The molecule has 0 amide bonds. The minimum atomic E-state index is 0.286. The van der Waals surface area contributed by atoms with Crippen LogP contribution in [0.4, 0.5) is 0 Å². The maximum atomic E-state index is 5.41. The van der Waals surface area contributed by atoms with Crippen molar-refractivity contribution in [2.75, 3.05) is 28.4 Å². The molecule has 0 saturated heterocycles. The van der Waals surface area contributed by atoms with Gasteiger partial charge in [-0.15, -0.1) is 0 Å². The highest BCUT2D eigenvalue weighted by molar-refractivity contribution is 5.50. The molecule has 0 fully saturated rings. The van der Waals surface area contributed by atoms with E-state index >= 15 is 0 Å². The molecule has 2 rings (SSSR count). The van der Waals surface area contributed by atoms with Gasteiger partial charge in [0.05, 0.1) is 27.9 Å². The third-order valence-corrected chi connectivity index (χ3v) is 3.65. The van der Waals surface area contributed by atoms with Crippen molar-refractivity contribution >= 4 is 0 Å². The normalized spacial score (nSPS) is 17.3. The minimum Gasteiger partial charge on any atom is -0.497 e. The van der Waals surface area contributed by atoms with Crippen LogP contribution in [0.5, 0.6) is 11.5 Å². The Balaban J connectivity index is 2.37. The molecule has 1 aromatic rings. The number of allylic oxidation sites excluding steroid dienone is 3. The first-order chi connectivity index (χ1) is 10.2. The van der Waals surface area contributed by atoms with Crippen LogP contribution in [0.25, 0.3) is 0 Å². The van der Waals surface area contributed by atoms with E-state index in [0.29, 0.717) is 6.61 Å². The third-order valence-electron chi connectivity index (χ3n) is 3.65. The van der Waals surface area contributed by atoms with Crippen LogP contribution >= 0.6 is 0 Å². The summed E-state index contributed by atoms with van der Waals surface area (Å²) in [6.07, 6.45) is 7.14. The van der Waals surface area contributed by atoms with Crippen LogP contribution in [0.15, 0.2) is 36.1 Å². The Morgan fingerprint density at radius 1 is 1.00 bits per heavy atom. The Morgan fingerprint density at radius 3 is 2.24 bits per heavy atom. The topological polar surface area (TPSA) is 36.9 Å². The molecule has 0 N–H and O–H groups in total. The van der Waals surface area contributed by atoms with Crippen molar-refractivity contribution in [3.8, 4) is 11.5 Å². The molecule has 0 heterocycles. The predicted octanol–water partition coefficient (Wildman–Crippen LogP) is 3.42. The minimum absolute atomic E-state index is 0.286. The molecule has 0 radical (unpaired) electrons. The molecule has 0 spiro atoms. The van der Waals surface area contributed by atoms with Crippen molar-refractivity contribution in [3.63, 3.8) is 0 Å². The van der Waals surface area contributed by atoms with E-state index < -0.39 is 0 Å². The van der Waals surface area contributed by atoms with Crippen LogP contribution < -0.4 is 9.47 Å². The Kier molecular flexibility index (Phi) is 5.28. The molecule has 0 aromatic heterocycles. The Morgan fingerprint density at radius 2 is 1.71 bits per heavy atom. The summed E-state index contributed by atoms with van der Waals surface area (Å²) < 4.78 is 21.3. The number of benzene rings is 1. The SMILES string of the molecule is COCc1cc(OC)c(OC)cc1[C@H]1C=CC(OC)=CC1. The van der Waals surface area contributed by atoms with Crippen molar-refractivity contribution in [2.45, 2.75) is 18.9 Å². The number of hydrogen-bond acceptors (Lipinski definition) is 4. The first-order valence-electron chi connectivity index (χ1n) is 6.89. The summed E-state index contributed by atoms with van der Waals surface area (Å²) in [5.41, 5.74) is 2.30. The number of rotatable bonds is 6. The van der Waals surface area contributed by atoms with Gasteiger partial charge in [-0.1, -0.05) is 6.08 Å². The zero-order valence-corrected chi connectivity index (χ0v) is 13.0. The van der Waals surface area contributed by atoms with Crippen LogP contribution in [0.3, 0.4) is 0 Å². The summed E-state index contributed by atoms with van der Waals surface area (Å²) >= 11 is 0. The van der Waals surface area contributed by atoms with Crippen molar-refractivity contribution < 1.29 is 18.9 Å². The number of methoxy groups -OCH3 is 4. The van der Waals surface area contributed by atoms with Gasteiger partial charge in [0.2, 0.25) is 0 Å². The maximum absolute atomic E-state index is 5.41. The van der Waals surface area contributed by atoms with Crippen molar-refractivity contribution in [1.29, 1.82) is 0 Å². The van der Waals surface area contributed by atoms with Crippen LogP contribution in [-0.2, 0) is 16.1 Å². The monoisotopic (exact) mass is 290 g/mol. The molecule has 1 aliphatic carbocycles. The van der Waals surface area contributed by atoms with Crippen LogP contribution in [0.1, 0.15) is 23.5 Å². The lowest BCUT2D eigenvalue weighted by molar-refractivity contribution is 0.183. The Hall–Kier alpha value is -1.94. The van der Waals surface area contributed by atoms with Gasteiger partial charge >= 0.3 is 0 Å². The molecular formula is C17H22O4. The number of hydrogen-bond donors (Lipinski definition) is 0. The van der Waals surface area contributed by atoms with Gasteiger partial charge < -0.3 is 18.9 Å². The molecule has 1 atom stereocenters. The standard InChI is InChI=1S/C17H22O4/c1-18-11-13-9-16(20-3)17(21-4)10-15(13)12-5-7-14(19-2)8-6-12/h5,7-10,12H,6,11H2,1-4H3/t12-/m0/s1. The van der Waals surface area contributed by atoms with Gasteiger partial charge in [-0.25, -0.2) is 0 Å². The van der Waals surface area contributed by atoms with Gasteiger partial charge in [-0.05, 0) is 41.8 Å². The average molecular weight is 290 g/mol. The summed E-state index contributed by atoms with van der Waals surface area (Å²) in [7, 11) is 6.67. The summed E-state index contributed by atoms with van der Waals surface area (Å²) in [4.78, 5) is 0. The largest absolute Gasteiger partial charge is 0.497 e. The fourth-order valence-corrected chi connectivity index (χ4v) is 2.55. The van der Waals surface area contributed by atoms with Gasteiger partial charge in [0.25, 0.3) is 0 Å². The molecule has 4 nitrogen and oxygen atoms in total. The van der Waals surface area contributed by atoms with Crippen LogP contribution in [0, 0.1) is 0 Å². The molecule has 4 heteroatoms. The molecule has 21 heavy (non-hydrogen) atoms. The predicted molar refractivity (Wildman–Crippen MR) is 81.8 cm³/mol. The number of ether oxygens (including phenoxy) is 4. The molecule has 1 aliphatic rings. The second-order valence-electron chi connectivity index (χ2n) is 4.85. The van der Waals surface area contributed by atoms with Gasteiger partial charge in [-0.3, -0.25) is 0 Å². The quantitative estimate of drug-likeness (QED) is 0.804. The van der Waals surface area contributed by atoms with Gasteiger partial charge in [-0.2, -0.15) is 0 Å². The summed E-state index contributed by atoms with van der Waals surface area (Å²) in [6.45, 7) is 0.543. The van der Waals surface area contributed by atoms with E-state index in [1.165, 1.54) is 5.56 Å². The highest BCUT2D eigenvalue weighted by Crippen LogP contribution is 2.37. The van der Waals surface area contributed by atoms with E-state index in [9.17, 15) is 0 Å². The average Bonchev–Trinajstić information content (AvgIpc) is 2.54. The molecule has 114 valence electrons. The lowest BCUT2D eigenvalue weighted by Gasteiger charge is -2.21. The molecule has 0 aliphatic heterocycles. The van der Waals surface area contributed by atoms with E-state index in [2.05, 4.69) is 12.2 Å². The lowest BCUT2D eigenvalue weighted by atomic mass is 9.88. The van der Waals surface area contributed by atoms with E-state index in [0.717, 1.165) is 29.2 Å². The Labute approximate surface area is 126 Å². The zero-order chi connectivity index (χ0) is 15.2. The second kappa shape index (κ2) is 7.18. The fraction of sp³-hybridized carbons (Fsp3) is 0.412. The third kappa shape index (κ3) is 3.39. The van der Waals surface area contributed by atoms with Gasteiger partial charge in [0, 0.05) is 13.0 Å². The van der Waals surface area contributed by atoms with E-state index in [4.69, 9.17) is 18.9 Å².